The Balaban J connectivity index is 1.68. The molecule has 1 fully saturated rings. The molecular formula is C16H10F3N3O4. The minimum absolute atomic E-state index is 0.0899. The van der Waals surface area contributed by atoms with Crippen LogP contribution in [0.4, 0.5) is 18.0 Å². The molecule has 1 aromatic carbocycles. The summed E-state index contributed by atoms with van der Waals surface area (Å²) in [7, 11) is 0. The molecule has 0 aliphatic carbocycles. The lowest BCUT2D eigenvalue weighted by atomic mass is 10.1. The summed E-state index contributed by atoms with van der Waals surface area (Å²) in [5, 5.41) is 4.88. The third-order valence-corrected chi connectivity index (χ3v) is 3.76. The van der Waals surface area contributed by atoms with Crippen molar-refractivity contribution in [2.24, 2.45) is 0 Å². The molecule has 1 aliphatic rings. The molecule has 7 nitrogen and oxygen atoms in total. The third kappa shape index (κ3) is 3.01. The third-order valence-electron chi connectivity index (χ3n) is 3.76. The highest BCUT2D eigenvalue weighted by molar-refractivity contribution is 5.81. The summed E-state index contributed by atoms with van der Waals surface area (Å²) >= 11 is 0. The Labute approximate surface area is 143 Å². The molecule has 1 unspecified atom stereocenters. The number of cyclic esters (lactones) is 2. The minimum Gasteiger partial charge on any atom is -0.430 e. The van der Waals surface area contributed by atoms with E-state index in [1.54, 1.807) is 12.3 Å². The van der Waals surface area contributed by atoms with Crippen LogP contribution in [0.5, 0.6) is 5.75 Å². The standard InChI is InChI=1S/C16H10F3N3O4/c17-16(18,19)26-10-3-1-9(2-4-10)22-14-12(7-21-22)11(5-6-20-14)13-8-24-15(23)25-13/h1-7,13H,8H2. The summed E-state index contributed by atoms with van der Waals surface area (Å²) in [6.45, 7) is 0.0899. The fourth-order valence-electron chi connectivity index (χ4n) is 2.69. The van der Waals surface area contributed by atoms with Gasteiger partial charge in [0.1, 0.15) is 12.4 Å². The summed E-state index contributed by atoms with van der Waals surface area (Å²) in [5.74, 6) is -0.332. The van der Waals surface area contributed by atoms with Crippen LogP contribution < -0.4 is 4.74 Å². The lowest BCUT2D eigenvalue weighted by Gasteiger charge is -2.10. The van der Waals surface area contributed by atoms with Crippen LogP contribution in [-0.2, 0) is 9.47 Å². The van der Waals surface area contributed by atoms with Crippen LogP contribution in [0.2, 0.25) is 0 Å². The molecule has 0 N–H and O–H groups in total. The van der Waals surface area contributed by atoms with Crippen LogP contribution in [0.25, 0.3) is 16.7 Å². The number of alkyl halides is 3. The van der Waals surface area contributed by atoms with Crippen molar-refractivity contribution in [2.75, 3.05) is 6.61 Å². The van der Waals surface area contributed by atoms with Crippen LogP contribution in [-0.4, -0.2) is 33.9 Å². The smallest absolute Gasteiger partial charge is 0.430 e. The maximum absolute atomic E-state index is 12.2. The van der Waals surface area contributed by atoms with Gasteiger partial charge in [0.05, 0.1) is 11.9 Å². The average Bonchev–Trinajstić information content (AvgIpc) is 3.20. The predicted molar refractivity (Wildman–Crippen MR) is 80.7 cm³/mol. The normalized spacial score (nSPS) is 17.2. The van der Waals surface area contributed by atoms with Crippen LogP contribution in [0.3, 0.4) is 0 Å². The molecule has 0 bridgehead atoms. The van der Waals surface area contributed by atoms with Crippen molar-refractivity contribution in [3.63, 3.8) is 0 Å². The highest BCUT2D eigenvalue weighted by Crippen LogP contribution is 2.30. The monoisotopic (exact) mass is 365 g/mol. The van der Waals surface area contributed by atoms with E-state index in [4.69, 9.17) is 9.47 Å². The molecule has 26 heavy (non-hydrogen) atoms. The first-order valence-electron chi connectivity index (χ1n) is 7.43. The van der Waals surface area contributed by atoms with Gasteiger partial charge >= 0.3 is 12.5 Å². The van der Waals surface area contributed by atoms with Gasteiger partial charge in [-0.2, -0.15) is 5.10 Å². The SMILES string of the molecule is O=C1OCC(c2ccnc3c2cnn3-c2ccc(OC(F)(F)F)cc2)O1. The molecule has 0 radical (unpaired) electrons. The molecule has 1 atom stereocenters. The number of benzene rings is 1. The number of fused-ring (bicyclic) bond motifs is 1. The lowest BCUT2D eigenvalue weighted by Crippen LogP contribution is -2.17. The van der Waals surface area contributed by atoms with E-state index >= 15 is 0 Å². The van der Waals surface area contributed by atoms with Crippen LogP contribution in [0, 0.1) is 0 Å². The highest BCUT2D eigenvalue weighted by atomic mass is 19.4. The number of rotatable bonds is 3. The molecule has 4 rings (SSSR count). The molecule has 1 aliphatic heterocycles. The molecule has 10 heteroatoms. The van der Waals surface area contributed by atoms with Crippen LogP contribution in [0.15, 0.2) is 42.7 Å². The van der Waals surface area contributed by atoms with Gasteiger partial charge in [-0.05, 0) is 30.3 Å². The first-order chi connectivity index (χ1) is 12.4. The highest BCUT2D eigenvalue weighted by Gasteiger charge is 2.31. The van der Waals surface area contributed by atoms with E-state index in [1.807, 2.05) is 0 Å². The number of halogens is 3. The second-order valence-corrected chi connectivity index (χ2v) is 5.40. The zero-order chi connectivity index (χ0) is 18.3. The average molecular weight is 365 g/mol. The molecule has 2 aromatic heterocycles. The zero-order valence-corrected chi connectivity index (χ0v) is 12.9. The number of hydrogen-bond acceptors (Lipinski definition) is 6. The molecular weight excluding hydrogens is 355 g/mol. The molecule has 0 saturated carbocycles. The van der Waals surface area contributed by atoms with E-state index in [-0.39, 0.29) is 12.4 Å². The Hall–Kier alpha value is -3.30. The minimum atomic E-state index is -4.75. The predicted octanol–water partition coefficient (Wildman–Crippen LogP) is 3.53. The van der Waals surface area contributed by atoms with Crippen molar-refractivity contribution in [1.29, 1.82) is 0 Å². The Morgan fingerprint density at radius 2 is 1.96 bits per heavy atom. The van der Waals surface area contributed by atoms with E-state index in [2.05, 4.69) is 14.8 Å². The van der Waals surface area contributed by atoms with Gasteiger partial charge in [0, 0.05) is 17.1 Å². The Morgan fingerprint density at radius 3 is 2.62 bits per heavy atom. The van der Waals surface area contributed by atoms with Gasteiger partial charge in [0.25, 0.3) is 0 Å². The second-order valence-electron chi connectivity index (χ2n) is 5.40. The molecule has 134 valence electrons. The van der Waals surface area contributed by atoms with Crippen molar-refractivity contribution in [3.8, 4) is 11.4 Å². The first kappa shape index (κ1) is 16.2. The lowest BCUT2D eigenvalue weighted by molar-refractivity contribution is -0.274. The Bertz CT molecular complexity index is 969. The number of aromatic nitrogens is 3. The van der Waals surface area contributed by atoms with Crippen molar-refractivity contribution in [2.45, 2.75) is 12.5 Å². The number of carbonyl (C=O) groups excluding carboxylic acids is 1. The number of ether oxygens (including phenoxy) is 3. The summed E-state index contributed by atoms with van der Waals surface area (Å²) in [5.41, 5.74) is 1.65. The van der Waals surface area contributed by atoms with Gasteiger partial charge in [-0.15, -0.1) is 13.2 Å². The molecule has 1 saturated heterocycles. The Kier molecular flexibility index (Phi) is 3.67. The summed E-state index contributed by atoms with van der Waals surface area (Å²) in [6.07, 6.45) is -2.98. The molecule has 0 amide bonds. The number of nitrogens with zero attached hydrogens (tertiary/aromatic N) is 3. The van der Waals surface area contributed by atoms with Crippen LogP contribution >= 0.6 is 0 Å². The fraction of sp³-hybridized carbons (Fsp3) is 0.188. The van der Waals surface area contributed by atoms with Gasteiger partial charge in [0.2, 0.25) is 0 Å². The quantitative estimate of drug-likeness (QED) is 0.661. The topological polar surface area (TPSA) is 75.5 Å². The maximum Gasteiger partial charge on any atom is 0.573 e. The number of hydrogen-bond donors (Lipinski definition) is 0. The summed E-state index contributed by atoms with van der Waals surface area (Å²) < 4.78 is 51.9. The van der Waals surface area contributed by atoms with E-state index < -0.39 is 18.6 Å². The van der Waals surface area contributed by atoms with Crippen molar-refractivity contribution in [3.05, 3.63) is 48.3 Å². The van der Waals surface area contributed by atoms with Gasteiger partial charge < -0.3 is 14.2 Å². The van der Waals surface area contributed by atoms with E-state index in [9.17, 15) is 18.0 Å². The van der Waals surface area contributed by atoms with Gasteiger partial charge in [0.15, 0.2) is 11.8 Å². The van der Waals surface area contributed by atoms with Gasteiger partial charge in [-0.1, -0.05) is 0 Å². The van der Waals surface area contributed by atoms with Crippen molar-refractivity contribution < 1.29 is 32.2 Å². The van der Waals surface area contributed by atoms with E-state index in [1.165, 1.54) is 35.1 Å². The maximum atomic E-state index is 12.2. The first-order valence-corrected chi connectivity index (χ1v) is 7.43. The Morgan fingerprint density at radius 1 is 1.19 bits per heavy atom. The molecule has 0 spiro atoms. The van der Waals surface area contributed by atoms with Crippen molar-refractivity contribution in [1.82, 2.24) is 14.8 Å². The van der Waals surface area contributed by atoms with E-state index in [0.29, 0.717) is 22.3 Å². The second kappa shape index (κ2) is 5.90. The summed E-state index contributed by atoms with van der Waals surface area (Å²) in [6, 6.07) is 6.93. The fourth-order valence-corrected chi connectivity index (χ4v) is 2.69. The zero-order valence-electron chi connectivity index (χ0n) is 12.9. The van der Waals surface area contributed by atoms with E-state index in [0.717, 1.165) is 0 Å². The van der Waals surface area contributed by atoms with Crippen molar-refractivity contribution >= 4 is 17.2 Å². The number of carbonyl (C=O) groups is 1. The summed E-state index contributed by atoms with van der Waals surface area (Å²) in [4.78, 5) is 15.4. The van der Waals surface area contributed by atoms with Crippen LogP contribution in [0.1, 0.15) is 11.7 Å². The molecule has 3 heterocycles. The number of pyridine rings is 1. The van der Waals surface area contributed by atoms with Gasteiger partial charge in [-0.25, -0.2) is 14.5 Å². The van der Waals surface area contributed by atoms with Gasteiger partial charge in [-0.3, -0.25) is 0 Å². The molecule has 3 aromatic rings. The largest absolute Gasteiger partial charge is 0.573 e.